The normalized spacial score (nSPS) is 12.7. The third-order valence-corrected chi connectivity index (χ3v) is 2.06. The Morgan fingerprint density at radius 3 is 2.20 bits per heavy atom. The van der Waals surface area contributed by atoms with E-state index in [4.69, 9.17) is 15.2 Å². The van der Waals surface area contributed by atoms with Crippen molar-refractivity contribution in [2.24, 2.45) is 5.73 Å². The molecule has 0 spiro atoms. The molecule has 15 heavy (non-hydrogen) atoms. The van der Waals surface area contributed by atoms with Gasteiger partial charge in [-0.05, 0) is 17.7 Å². The molecule has 1 aromatic rings. The fourth-order valence-electron chi connectivity index (χ4n) is 1.21. The average molecular weight is 217 g/mol. The van der Waals surface area contributed by atoms with Crippen molar-refractivity contribution in [1.29, 1.82) is 0 Å². The van der Waals surface area contributed by atoms with E-state index in [1.165, 1.54) is 26.4 Å². The summed E-state index contributed by atoms with van der Waals surface area (Å²) < 4.78 is 34.6. The van der Waals surface area contributed by atoms with E-state index in [0.717, 1.165) is 0 Å². The number of hydrogen-bond donors (Lipinski definition) is 1. The summed E-state index contributed by atoms with van der Waals surface area (Å²) >= 11 is 0. The van der Waals surface area contributed by atoms with Gasteiger partial charge in [0.25, 0.3) is 6.43 Å². The Morgan fingerprint density at radius 2 is 1.73 bits per heavy atom. The number of ether oxygens (including phenoxy) is 2. The molecule has 0 saturated heterocycles. The molecule has 1 atom stereocenters. The first-order valence-electron chi connectivity index (χ1n) is 4.35. The fraction of sp³-hybridized carbons (Fsp3) is 0.400. The smallest absolute Gasteiger partial charge is 0.257 e. The van der Waals surface area contributed by atoms with Crippen LogP contribution >= 0.6 is 0 Å². The third kappa shape index (κ3) is 2.56. The van der Waals surface area contributed by atoms with Crippen LogP contribution in [0, 0.1) is 0 Å². The van der Waals surface area contributed by atoms with Crippen molar-refractivity contribution in [2.45, 2.75) is 12.5 Å². The molecule has 2 N–H and O–H groups in total. The van der Waals surface area contributed by atoms with Crippen molar-refractivity contribution in [3.05, 3.63) is 23.8 Å². The molecule has 0 fully saturated rings. The third-order valence-electron chi connectivity index (χ3n) is 2.06. The summed E-state index contributed by atoms with van der Waals surface area (Å²) in [5.74, 6) is 0.883. The fourth-order valence-corrected chi connectivity index (χ4v) is 1.21. The molecule has 5 heteroatoms. The van der Waals surface area contributed by atoms with Gasteiger partial charge >= 0.3 is 0 Å². The van der Waals surface area contributed by atoms with Crippen LogP contribution in [0.15, 0.2) is 18.2 Å². The lowest BCUT2D eigenvalue weighted by Gasteiger charge is -2.13. The van der Waals surface area contributed by atoms with Crippen LogP contribution in [0.5, 0.6) is 11.5 Å². The largest absolute Gasteiger partial charge is 0.493 e. The van der Waals surface area contributed by atoms with Gasteiger partial charge in [-0.25, -0.2) is 8.78 Å². The van der Waals surface area contributed by atoms with Crippen LogP contribution in [0.4, 0.5) is 8.78 Å². The lowest BCUT2D eigenvalue weighted by atomic mass is 10.1. The van der Waals surface area contributed by atoms with Gasteiger partial charge in [-0.15, -0.1) is 0 Å². The molecule has 0 aliphatic carbocycles. The monoisotopic (exact) mass is 217 g/mol. The molecule has 3 nitrogen and oxygen atoms in total. The van der Waals surface area contributed by atoms with Crippen LogP contribution in [0.3, 0.4) is 0 Å². The van der Waals surface area contributed by atoms with Gasteiger partial charge in [0.05, 0.1) is 20.3 Å². The van der Waals surface area contributed by atoms with Crippen molar-refractivity contribution in [3.63, 3.8) is 0 Å². The number of methoxy groups -OCH3 is 2. The summed E-state index contributed by atoms with van der Waals surface area (Å²) in [5, 5.41) is 0. The number of halogens is 2. The van der Waals surface area contributed by atoms with Crippen LogP contribution in [0.25, 0.3) is 0 Å². The number of benzene rings is 1. The minimum Gasteiger partial charge on any atom is -0.493 e. The van der Waals surface area contributed by atoms with Gasteiger partial charge in [-0.1, -0.05) is 6.07 Å². The lowest BCUT2D eigenvalue weighted by Crippen LogP contribution is -2.18. The maximum Gasteiger partial charge on any atom is 0.257 e. The zero-order valence-electron chi connectivity index (χ0n) is 8.54. The average Bonchev–Trinajstić information content (AvgIpc) is 2.26. The first kappa shape index (κ1) is 11.7. The van der Waals surface area contributed by atoms with E-state index < -0.39 is 12.5 Å². The van der Waals surface area contributed by atoms with E-state index in [1.54, 1.807) is 6.07 Å². The maximum atomic E-state index is 12.3. The summed E-state index contributed by atoms with van der Waals surface area (Å²) in [6, 6.07) is 3.20. The van der Waals surface area contributed by atoms with E-state index >= 15 is 0 Å². The van der Waals surface area contributed by atoms with Gasteiger partial charge in [0.15, 0.2) is 11.5 Å². The van der Waals surface area contributed by atoms with Gasteiger partial charge in [0.2, 0.25) is 0 Å². The Hall–Kier alpha value is -1.36. The molecule has 0 heterocycles. The summed E-state index contributed by atoms with van der Waals surface area (Å²) in [5.41, 5.74) is 5.63. The molecule has 0 radical (unpaired) electrons. The predicted molar refractivity (Wildman–Crippen MR) is 52.5 cm³/mol. The standard InChI is InChI=1S/C10H13F2NO2/c1-14-7-4-3-6(5-8(7)15-2)9(13)10(11)12/h3-5,9-10H,13H2,1-2H3/t9-/m1/s1. The van der Waals surface area contributed by atoms with Crippen molar-refractivity contribution < 1.29 is 18.3 Å². The number of rotatable bonds is 4. The van der Waals surface area contributed by atoms with Crippen molar-refractivity contribution in [1.82, 2.24) is 0 Å². The number of hydrogen-bond acceptors (Lipinski definition) is 3. The second-order valence-electron chi connectivity index (χ2n) is 2.97. The van der Waals surface area contributed by atoms with Crippen molar-refractivity contribution in [2.75, 3.05) is 14.2 Å². The van der Waals surface area contributed by atoms with E-state index in [9.17, 15) is 8.78 Å². The van der Waals surface area contributed by atoms with Gasteiger partial charge in [0.1, 0.15) is 0 Å². The van der Waals surface area contributed by atoms with Gasteiger partial charge < -0.3 is 15.2 Å². The molecule has 1 aromatic carbocycles. The SMILES string of the molecule is COc1ccc([C@@H](N)C(F)F)cc1OC. The van der Waals surface area contributed by atoms with Crippen molar-refractivity contribution >= 4 is 0 Å². The maximum absolute atomic E-state index is 12.3. The second-order valence-corrected chi connectivity index (χ2v) is 2.97. The van der Waals surface area contributed by atoms with Gasteiger partial charge in [0, 0.05) is 0 Å². The number of nitrogens with two attached hydrogens (primary N) is 1. The Kier molecular flexibility index (Phi) is 3.85. The van der Waals surface area contributed by atoms with Crippen LogP contribution in [-0.4, -0.2) is 20.6 Å². The Labute approximate surface area is 86.8 Å². The molecule has 0 aliphatic heterocycles. The Bertz CT molecular complexity index is 331. The molecule has 0 aromatic heterocycles. The highest BCUT2D eigenvalue weighted by Crippen LogP contribution is 2.30. The number of alkyl halides is 2. The zero-order valence-corrected chi connectivity index (χ0v) is 8.54. The zero-order chi connectivity index (χ0) is 11.4. The van der Waals surface area contributed by atoms with E-state index in [-0.39, 0.29) is 0 Å². The quantitative estimate of drug-likeness (QED) is 0.838. The first-order valence-corrected chi connectivity index (χ1v) is 4.35. The molecule has 0 saturated carbocycles. The molecule has 0 bridgehead atoms. The molecule has 84 valence electrons. The van der Waals surface area contributed by atoms with Gasteiger partial charge in [-0.3, -0.25) is 0 Å². The van der Waals surface area contributed by atoms with Crippen LogP contribution in [-0.2, 0) is 0 Å². The molecule has 1 rings (SSSR count). The van der Waals surface area contributed by atoms with E-state index in [2.05, 4.69) is 0 Å². The van der Waals surface area contributed by atoms with Gasteiger partial charge in [-0.2, -0.15) is 0 Å². The topological polar surface area (TPSA) is 44.5 Å². The van der Waals surface area contributed by atoms with E-state index in [1.807, 2.05) is 0 Å². The first-order chi connectivity index (χ1) is 7.10. The van der Waals surface area contributed by atoms with Crippen LogP contribution in [0.1, 0.15) is 11.6 Å². The molecule has 0 aliphatic rings. The minimum absolute atomic E-state index is 0.322. The lowest BCUT2D eigenvalue weighted by molar-refractivity contribution is 0.116. The highest BCUT2D eigenvalue weighted by Gasteiger charge is 2.18. The van der Waals surface area contributed by atoms with Crippen LogP contribution in [0.2, 0.25) is 0 Å². The molecule has 0 unspecified atom stereocenters. The molecule has 0 amide bonds. The summed E-state index contributed by atoms with van der Waals surface area (Å²) in [7, 11) is 2.92. The highest BCUT2D eigenvalue weighted by atomic mass is 19.3. The summed E-state index contributed by atoms with van der Waals surface area (Å²) in [4.78, 5) is 0. The Morgan fingerprint density at radius 1 is 1.13 bits per heavy atom. The molecular formula is C10H13F2NO2. The van der Waals surface area contributed by atoms with Crippen molar-refractivity contribution in [3.8, 4) is 11.5 Å². The molecular weight excluding hydrogens is 204 g/mol. The van der Waals surface area contributed by atoms with E-state index in [0.29, 0.717) is 17.1 Å². The van der Waals surface area contributed by atoms with Crippen LogP contribution < -0.4 is 15.2 Å². The summed E-state index contributed by atoms with van der Waals surface area (Å²) in [6.45, 7) is 0. The highest BCUT2D eigenvalue weighted by molar-refractivity contribution is 5.43. The minimum atomic E-state index is -2.59. The summed E-state index contributed by atoms with van der Waals surface area (Å²) in [6.07, 6.45) is -2.59. The second kappa shape index (κ2) is 4.93. The Balaban J connectivity index is 3.02. The predicted octanol–water partition coefficient (Wildman–Crippen LogP) is 1.97.